The van der Waals surface area contributed by atoms with Crippen molar-refractivity contribution in [1.29, 1.82) is 0 Å². The summed E-state index contributed by atoms with van der Waals surface area (Å²) < 4.78 is 0. The number of phenols is 1. The Balaban J connectivity index is 2.62. The van der Waals surface area contributed by atoms with E-state index in [1.807, 2.05) is 25.3 Å². The number of carbonyl (C=O) groups is 1. The van der Waals surface area contributed by atoms with Gasteiger partial charge < -0.3 is 10.0 Å². The van der Waals surface area contributed by atoms with Crippen LogP contribution in [0.2, 0.25) is 0 Å². The SMILES string of the molecule is CN1CS/C(=C\c2cc(C(C)(C)C)c(O)c(C(C)(C)C)c2)C1=O. The quantitative estimate of drug-likeness (QED) is 0.770. The van der Waals surface area contributed by atoms with Crippen LogP contribution in [0.3, 0.4) is 0 Å². The maximum absolute atomic E-state index is 12.1. The summed E-state index contributed by atoms with van der Waals surface area (Å²) in [6.07, 6.45) is 1.94. The summed E-state index contributed by atoms with van der Waals surface area (Å²) in [5, 5.41) is 10.7. The van der Waals surface area contributed by atoms with Crippen LogP contribution in [0.15, 0.2) is 17.0 Å². The first-order valence-corrected chi connectivity index (χ1v) is 8.88. The molecule has 0 saturated carbocycles. The Hall–Kier alpha value is -1.42. The lowest BCUT2D eigenvalue weighted by Crippen LogP contribution is -2.19. The first-order chi connectivity index (χ1) is 10.4. The summed E-state index contributed by atoms with van der Waals surface area (Å²) in [5.41, 5.74) is 2.48. The molecule has 126 valence electrons. The molecular formula is C19H27NO2S. The zero-order valence-corrected chi connectivity index (χ0v) is 16.0. The third-order valence-electron chi connectivity index (χ3n) is 4.02. The van der Waals surface area contributed by atoms with E-state index >= 15 is 0 Å². The van der Waals surface area contributed by atoms with Crippen LogP contribution in [0.5, 0.6) is 5.75 Å². The molecule has 1 aromatic rings. The van der Waals surface area contributed by atoms with Crippen molar-refractivity contribution < 1.29 is 9.90 Å². The smallest absolute Gasteiger partial charge is 0.260 e. The number of likely N-dealkylation sites (N-methyl/N-ethyl adjacent to an activating group) is 1. The molecule has 0 radical (unpaired) electrons. The van der Waals surface area contributed by atoms with E-state index in [2.05, 4.69) is 41.5 Å². The van der Waals surface area contributed by atoms with E-state index in [0.717, 1.165) is 21.6 Å². The largest absolute Gasteiger partial charge is 0.507 e. The number of aromatic hydroxyl groups is 1. The van der Waals surface area contributed by atoms with Crippen molar-refractivity contribution in [3.63, 3.8) is 0 Å². The molecule has 1 aliphatic rings. The molecule has 1 N–H and O–H groups in total. The summed E-state index contributed by atoms with van der Waals surface area (Å²) in [5.74, 6) is 1.13. The first kappa shape index (κ1) is 17.9. The molecule has 1 aromatic carbocycles. The first-order valence-electron chi connectivity index (χ1n) is 7.89. The van der Waals surface area contributed by atoms with E-state index in [9.17, 15) is 9.90 Å². The van der Waals surface area contributed by atoms with Gasteiger partial charge in [0.2, 0.25) is 0 Å². The molecule has 1 aliphatic heterocycles. The van der Waals surface area contributed by atoms with Crippen LogP contribution in [-0.4, -0.2) is 28.8 Å². The maximum atomic E-state index is 12.1. The molecule has 1 amide bonds. The number of benzene rings is 1. The fourth-order valence-corrected chi connectivity index (χ4v) is 3.56. The number of phenolic OH excluding ortho intramolecular Hbond substituents is 1. The van der Waals surface area contributed by atoms with Crippen molar-refractivity contribution in [3.8, 4) is 5.75 Å². The summed E-state index contributed by atoms with van der Waals surface area (Å²) >= 11 is 1.56. The lowest BCUT2D eigenvalue weighted by molar-refractivity contribution is -0.123. The Morgan fingerprint density at radius 1 is 1.09 bits per heavy atom. The zero-order valence-electron chi connectivity index (χ0n) is 15.2. The molecule has 2 rings (SSSR count). The Morgan fingerprint density at radius 3 is 1.91 bits per heavy atom. The summed E-state index contributed by atoms with van der Waals surface area (Å²) in [7, 11) is 1.81. The van der Waals surface area contributed by atoms with E-state index in [1.165, 1.54) is 0 Å². The summed E-state index contributed by atoms with van der Waals surface area (Å²) in [6, 6.07) is 4.01. The number of amides is 1. The van der Waals surface area contributed by atoms with Gasteiger partial charge in [-0.15, -0.1) is 0 Å². The third kappa shape index (κ3) is 3.74. The zero-order chi connectivity index (χ0) is 17.6. The molecule has 0 spiro atoms. The predicted molar refractivity (Wildman–Crippen MR) is 98.7 cm³/mol. The lowest BCUT2D eigenvalue weighted by Gasteiger charge is -2.28. The number of hydrogen-bond acceptors (Lipinski definition) is 3. The van der Waals surface area contributed by atoms with Gasteiger partial charge in [-0.2, -0.15) is 0 Å². The van der Waals surface area contributed by atoms with Crippen molar-refractivity contribution in [3.05, 3.63) is 33.7 Å². The molecule has 1 heterocycles. The topological polar surface area (TPSA) is 40.5 Å². The summed E-state index contributed by atoms with van der Waals surface area (Å²) in [6.45, 7) is 12.6. The van der Waals surface area contributed by atoms with E-state index in [0.29, 0.717) is 11.6 Å². The van der Waals surface area contributed by atoms with Crippen molar-refractivity contribution in [2.24, 2.45) is 0 Å². The van der Waals surface area contributed by atoms with Gasteiger partial charge in [-0.3, -0.25) is 4.79 Å². The van der Waals surface area contributed by atoms with E-state index in [4.69, 9.17) is 0 Å². The number of thioether (sulfide) groups is 1. The molecule has 1 saturated heterocycles. The van der Waals surface area contributed by atoms with Crippen molar-refractivity contribution in [2.75, 3.05) is 12.9 Å². The number of nitrogens with zero attached hydrogens (tertiary/aromatic N) is 1. The van der Waals surface area contributed by atoms with E-state index in [-0.39, 0.29) is 16.7 Å². The Labute approximate surface area is 143 Å². The van der Waals surface area contributed by atoms with Gasteiger partial charge in [0.05, 0.1) is 10.8 Å². The van der Waals surface area contributed by atoms with Crippen LogP contribution in [0.4, 0.5) is 0 Å². The highest BCUT2D eigenvalue weighted by molar-refractivity contribution is 8.04. The minimum absolute atomic E-state index is 0.0673. The van der Waals surface area contributed by atoms with Gasteiger partial charge in [-0.25, -0.2) is 0 Å². The molecule has 0 unspecified atom stereocenters. The van der Waals surface area contributed by atoms with Crippen LogP contribution in [0.1, 0.15) is 58.2 Å². The maximum Gasteiger partial charge on any atom is 0.260 e. The Morgan fingerprint density at radius 2 is 1.57 bits per heavy atom. The minimum atomic E-state index is -0.164. The monoisotopic (exact) mass is 333 g/mol. The molecule has 0 aromatic heterocycles. The minimum Gasteiger partial charge on any atom is -0.507 e. The van der Waals surface area contributed by atoms with Crippen LogP contribution in [0.25, 0.3) is 6.08 Å². The standard InChI is InChI=1S/C19H27NO2S/c1-18(2,3)13-8-12(9-14(16(13)21)19(4,5)6)10-15-17(22)20(7)11-23-15/h8-10,21H,11H2,1-7H3/b15-10-. The lowest BCUT2D eigenvalue weighted by atomic mass is 9.78. The second kappa shape index (κ2) is 5.90. The van der Waals surface area contributed by atoms with Gasteiger partial charge in [0.1, 0.15) is 5.75 Å². The van der Waals surface area contributed by atoms with Gasteiger partial charge in [-0.05, 0) is 34.6 Å². The Bertz CT molecular complexity index is 628. The van der Waals surface area contributed by atoms with Crippen molar-refractivity contribution in [1.82, 2.24) is 4.90 Å². The average Bonchev–Trinajstić information content (AvgIpc) is 2.70. The fourth-order valence-electron chi connectivity index (χ4n) is 2.61. The third-order valence-corrected chi connectivity index (χ3v) is 5.14. The highest BCUT2D eigenvalue weighted by atomic mass is 32.2. The molecular weight excluding hydrogens is 306 g/mol. The fraction of sp³-hybridized carbons (Fsp3) is 0.526. The molecule has 23 heavy (non-hydrogen) atoms. The number of carbonyl (C=O) groups excluding carboxylic acids is 1. The van der Waals surface area contributed by atoms with Gasteiger partial charge >= 0.3 is 0 Å². The van der Waals surface area contributed by atoms with Gasteiger partial charge in [0, 0.05) is 18.2 Å². The van der Waals surface area contributed by atoms with Gasteiger partial charge in [-0.1, -0.05) is 53.3 Å². The molecule has 0 atom stereocenters. The number of hydrogen-bond donors (Lipinski definition) is 1. The van der Waals surface area contributed by atoms with Gasteiger partial charge in [0.25, 0.3) is 5.91 Å². The van der Waals surface area contributed by atoms with Crippen LogP contribution in [-0.2, 0) is 15.6 Å². The van der Waals surface area contributed by atoms with Crippen molar-refractivity contribution in [2.45, 2.75) is 52.4 Å². The average molecular weight is 333 g/mol. The molecule has 0 aliphatic carbocycles. The van der Waals surface area contributed by atoms with Crippen LogP contribution < -0.4 is 0 Å². The molecule has 4 heteroatoms. The predicted octanol–water partition coefficient (Wildman–Crippen LogP) is 4.49. The molecule has 1 fully saturated rings. The second-order valence-corrected chi connectivity index (χ2v) is 9.24. The normalized spacial score (nSPS) is 18.1. The van der Waals surface area contributed by atoms with Crippen LogP contribution >= 0.6 is 11.8 Å². The van der Waals surface area contributed by atoms with Crippen LogP contribution in [0, 0.1) is 0 Å². The highest BCUT2D eigenvalue weighted by Crippen LogP contribution is 2.40. The van der Waals surface area contributed by atoms with Gasteiger partial charge in [0.15, 0.2) is 0 Å². The highest BCUT2D eigenvalue weighted by Gasteiger charge is 2.27. The molecule has 0 bridgehead atoms. The summed E-state index contributed by atoms with van der Waals surface area (Å²) in [4.78, 5) is 14.6. The van der Waals surface area contributed by atoms with E-state index < -0.39 is 0 Å². The van der Waals surface area contributed by atoms with E-state index in [1.54, 1.807) is 16.7 Å². The molecule has 3 nitrogen and oxygen atoms in total. The Kier molecular flexibility index (Phi) is 4.60. The number of rotatable bonds is 1. The van der Waals surface area contributed by atoms with Crippen molar-refractivity contribution >= 4 is 23.7 Å². The second-order valence-electron chi connectivity index (χ2n) is 8.25.